The molecule has 0 aliphatic rings. The summed E-state index contributed by atoms with van der Waals surface area (Å²) in [4.78, 5) is 0. The Hall–Kier alpha value is -1.64. The minimum atomic E-state index is 0.382. The molecule has 0 aromatic carbocycles. The van der Waals surface area contributed by atoms with Crippen molar-refractivity contribution in [3.05, 3.63) is 47.9 Å². The van der Waals surface area contributed by atoms with E-state index in [4.69, 9.17) is 0 Å². The van der Waals surface area contributed by atoms with Crippen molar-refractivity contribution in [3.8, 4) is 0 Å². The molecule has 3 nitrogen and oxygen atoms in total. The number of hydrogen-bond donors (Lipinski definition) is 1. The number of hydrogen-bond acceptors (Lipinski definition) is 3. The average Bonchev–Trinajstić information content (AvgIpc) is 2.37. The molecule has 0 heterocycles. The largest absolute Gasteiger partial charge is 0.512 e. The summed E-state index contributed by atoms with van der Waals surface area (Å²) in [6.45, 7) is 11.3. The van der Waals surface area contributed by atoms with E-state index in [-0.39, 0.29) is 0 Å². The van der Waals surface area contributed by atoms with Crippen LogP contribution in [0.3, 0.4) is 0 Å². The highest BCUT2D eigenvalue weighted by Gasteiger charge is 2.09. The summed E-state index contributed by atoms with van der Waals surface area (Å²) in [6, 6.07) is 0. The molecular formula is C16H26N2O. The second-order valence-corrected chi connectivity index (χ2v) is 4.43. The van der Waals surface area contributed by atoms with Crippen molar-refractivity contribution in [1.82, 2.24) is 0 Å². The molecule has 19 heavy (non-hydrogen) atoms. The molecule has 1 N–H and O–H groups in total. The summed E-state index contributed by atoms with van der Waals surface area (Å²) in [7, 11) is 1.63. The zero-order valence-corrected chi connectivity index (χ0v) is 12.4. The van der Waals surface area contributed by atoms with Gasteiger partial charge in [0.2, 0.25) is 0 Å². The molecule has 0 fully saturated rings. The Morgan fingerprint density at radius 3 is 2.42 bits per heavy atom. The lowest BCUT2D eigenvalue weighted by Crippen LogP contribution is -1.96. The summed E-state index contributed by atoms with van der Waals surface area (Å²) in [5.41, 5.74) is 2.94. The number of rotatable bonds is 9. The van der Waals surface area contributed by atoms with Gasteiger partial charge in [-0.05, 0) is 57.1 Å². The van der Waals surface area contributed by atoms with Crippen LogP contribution in [0, 0.1) is 0 Å². The second kappa shape index (κ2) is 10.3. The third-order valence-electron chi connectivity index (χ3n) is 2.93. The van der Waals surface area contributed by atoms with Crippen molar-refractivity contribution in [2.75, 3.05) is 7.05 Å². The molecule has 0 aromatic heterocycles. The first-order valence-corrected chi connectivity index (χ1v) is 6.69. The molecule has 3 heteroatoms. The van der Waals surface area contributed by atoms with Crippen LogP contribution in [0.2, 0.25) is 0 Å². The Labute approximate surface area is 117 Å². The third kappa shape index (κ3) is 7.39. The van der Waals surface area contributed by atoms with Crippen molar-refractivity contribution >= 4 is 0 Å². The molecule has 0 aliphatic heterocycles. The van der Waals surface area contributed by atoms with Crippen LogP contribution in [0.4, 0.5) is 0 Å². The van der Waals surface area contributed by atoms with Gasteiger partial charge in [-0.1, -0.05) is 18.7 Å². The first kappa shape index (κ1) is 17.4. The Bertz CT molecular complexity index is 386. The van der Waals surface area contributed by atoms with Gasteiger partial charge in [0.05, 0.1) is 11.5 Å². The molecule has 0 saturated carbocycles. The summed E-state index contributed by atoms with van der Waals surface area (Å²) in [5.74, 6) is 0.382. The van der Waals surface area contributed by atoms with Crippen molar-refractivity contribution in [3.63, 3.8) is 0 Å². The van der Waals surface area contributed by atoms with Gasteiger partial charge in [-0.2, -0.15) is 10.2 Å². The lowest BCUT2D eigenvalue weighted by molar-refractivity contribution is 0.405. The van der Waals surface area contributed by atoms with Gasteiger partial charge in [-0.15, -0.1) is 6.58 Å². The van der Waals surface area contributed by atoms with Gasteiger partial charge >= 0.3 is 0 Å². The lowest BCUT2D eigenvalue weighted by atomic mass is 9.94. The van der Waals surface area contributed by atoms with Crippen LogP contribution < -0.4 is 0 Å². The minimum Gasteiger partial charge on any atom is -0.512 e. The highest BCUT2D eigenvalue weighted by Crippen LogP contribution is 2.25. The van der Waals surface area contributed by atoms with Crippen LogP contribution in [-0.2, 0) is 0 Å². The quantitative estimate of drug-likeness (QED) is 0.193. The van der Waals surface area contributed by atoms with Crippen LogP contribution in [0.15, 0.2) is 58.1 Å². The van der Waals surface area contributed by atoms with E-state index in [1.54, 1.807) is 14.0 Å². The molecule has 0 saturated heterocycles. The fourth-order valence-electron chi connectivity index (χ4n) is 1.94. The fraction of sp³-hybridized carbons (Fsp3) is 0.500. The van der Waals surface area contributed by atoms with E-state index in [1.807, 2.05) is 13.0 Å². The Kier molecular flexibility index (Phi) is 9.41. The predicted octanol–water partition coefficient (Wildman–Crippen LogP) is 5.50. The number of nitrogens with zero attached hydrogens (tertiary/aromatic N) is 2. The van der Waals surface area contributed by atoms with Crippen LogP contribution in [0.5, 0.6) is 0 Å². The van der Waals surface area contributed by atoms with Crippen LogP contribution in [0.25, 0.3) is 0 Å². The van der Waals surface area contributed by atoms with E-state index in [1.165, 1.54) is 5.57 Å². The Morgan fingerprint density at radius 2 is 1.95 bits per heavy atom. The number of azo groups is 1. The molecule has 0 amide bonds. The van der Waals surface area contributed by atoms with E-state index in [2.05, 4.69) is 29.5 Å². The Morgan fingerprint density at radius 1 is 1.26 bits per heavy atom. The van der Waals surface area contributed by atoms with Crippen molar-refractivity contribution in [2.24, 2.45) is 10.2 Å². The molecule has 0 bridgehead atoms. The van der Waals surface area contributed by atoms with Gasteiger partial charge in [0.25, 0.3) is 0 Å². The molecule has 0 atom stereocenters. The highest BCUT2D eigenvalue weighted by atomic mass is 16.3. The molecule has 0 rings (SSSR count). The van der Waals surface area contributed by atoms with E-state index < -0.39 is 0 Å². The van der Waals surface area contributed by atoms with Crippen LogP contribution in [0.1, 0.15) is 46.0 Å². The van der Waals surface area contributed by atoms with Crippen molar-refractivity contribution in [1.29, 1.82) is 0 Å². The van der Waals surface area contributed by atoms with Crippen LogP contribution >= 0.6 is 0 Å². The van der Waals surface area contributed by atoms with E-state index in [9.17, 15) is 5.11 Å². The van der Waals surface area contributed by atoms with E-state index >= 15 is 0 Å². The molecule has 0 aliphatic carbocycles. The minimum absolute atomic E-state index is 0.382. The number of allylic oxidation sites excluding steroid dienone is 6. The maximum atomic E-state index is 9.85. The van der Waals surface area contributed by atoms with Gasteiger partial charge in [-0.25, -0.2) is 0 Å². The van der Waals surface area contributed by atoms with Gasteiger partial charge in [0.1, 0.15) is 0 Å². The zero-order valence-electron chi connectivity index (χ0n) is 12.4. The van der Waals surface area contributed by atoms with E-state index in [0.29, 0.717) is 12.2 Å². The second-order valence-electron chi connectivity index (χ2n) is 4.43. The standard InChI is InChI=1S/C16H26N2O/c1-6-8-9-10-15(7-2)16(14(4)19)12-11-13(3)18-17-5/h6-7,19H,1,3,8-12H2,2,4-5H3/b15-7-,16-14+,18-17-. The number of unbranched alkanes of at least 4 members (excludes halogenated alkanes) is 1. The van der Waals surface area contributed by atoms with Crippen molar-refractivity contribution in [2.45, 2.75) is 46.0 Å². The monoisotopic (exact) mass is 262 g/mol. The van der Waals surface area contributed by atoms with Gasteiger partial charge in [-0.3, -0.25) is 0 Å². The van der Waals surface area contributed by atoms with Gasteiger partial charge in [0, 0.05) is 7.05 Å². The molecule has 0 unspecified atom stereocenters. The number of aliphatic hydroxyl groups excluding tert-OH is 1. The Balaban J connectivity index is 4.67. The molecule has 0 spiro atoms. The zero-order chi connectivity index (χ0) is 14.7. The summed E-state index contributed by atoms with van der Waals surface area (Å²) >= 11 is 0. The van der Waals surface area contributed by atoms with Gasteiger partial charge < -0.3 is 5.11 Å². The van der Waals surface area contributed by atoms with Crippen LogP contribution in [-0.4, -0.2) is 12.2 Å². The molecule has 0 aromatic rings. The normalized spacial score (nSPS) is 13.5. The molecule has 0 radical (unpaired) electrons. The molecular weight excluding hydrogens is 236 g/mol. The highest BCUT2D eigenvalue weighted by molar-refractivity contribution is 5.32. The molecule has 106 valence electrons. The topological polar surface area (TPSA) is 45.0 Å². The maximum absolute atomic E-state index is 9.85. The summed E-state index contributed by atoms with van der Waals surface area (Å²) < 4.78 is 0. The average molecular weight is 262 g/mol. The van der Waals surface area contributed by atoms with Gasteiger partial charge in [0.15, 0.2) is 0 Å². The number of aliphatic hydroxyl groups is 1. The van der Waals surface area contributed by atoms with E-state index in [0.717, 1.165) is 37.0 Å². The maximum Gasteiger partial charge on any atom is 0.0926 e. The fourth-order valence-corrected chi connectivity index (χ4v) is 1.94. The summed E-state index contributed by atoms with van der Waals surface area (Å²) in [6.07, 6.45) is 8.45. The van der Waals surface area contributed by atoms with Crippen molar-refractivity contribution < 1.29 is 5.11 Å². The lowest BCUT2D eigenvalue weighted by Gasteiger charge is -2.13. The smallest absolute Gasteiger partial charge is 0.0926 e. The first-order valence-electron chi connectivity index (χ1n) is 6.69. The third-order valence-corrected chi connectivity index (χ3v) is 2.93. The SMILES string of the molecule is C=CCCCC(=C/C)/C(CCC(=C)/N=N\C)=C(\C)O. The summed E-state index contributed by atoms with van der Waals surface area (Å²) in [5, 5.41) is 17.5. The predicted molar refractivity (Wildman–Crippen MR) is 82.3 cm³/mol. The first-order chi connectivity index (χ1) is 9.06.